The second-order valence-electron chi connectivity index (χ2n) is 23.4. The Hall–Kier alpha value is -5.43. The highest BCUT2D eigenvalue weighted by Crippen LogP contribution is 2.32. The van der Waals surface area contributed by atoms with Gasteiger partial charge >= 0.3 is 0 Å². The zero-order chi connectivity index (χ0) is 60.0. The molecule has 18 heteroatoms. The first-order chi connectivity index (χ1) is 38.4. The van der Waals surface area contributed by atoms with E-state index in [1.165, 1.54) is 17.1 Å². The number of benzene rings is 2. The van der Waals surface area contributed by atoms with Crippen LogP contribution in [0.4, 0.5) is 0 Å². The molecule has 0 aliphatic carbocycles. The largest absolute Gasteiger partial charge is 0.379 e. The Bertz CT molecular complexity index is 2500. The second kappa shape index (κ2) is 33.6. The molecule has 0 radical (unpaired) electrons. The van der Waals surface area contributed by atoms with E-state index in [1.54, 1.807) is 50.1 Å². The molecule has 2 aromatic carbocycles. The van der Waals surface area contributed by atoms with Gasteiger partial charge in [0.15, 0.2) is 21.4 Å². The van der Waals surface area contributed by atoms with Crippen LogP contribution >= 0.6 is 0 Å². The molecular formula is C63H95N5O12S. The van der Waals surface area contributed by atoms with Gasteiger partial charge in [-0.3, -0.25) is 48.2 Å². The minimum Gasteiger partial charge on any atom is -0.379 e. The lowest BCUT2D eigenvalue weighted by atomic mass is 9.83. The number of rotatable bonds is 38. The maximum Gasteiger partial charge on any atom is 0.253 e. The number of carbonyl (C=O) groups is 8. The highest BCUT2D eigenvalue weighted by atomic mass is 32.2. The van der Waals surface area contributed by atoms with Gasteiger partial charge in [0.1, 0.15) is 5.78 Å². The van der Waals surface area contributed by atoms with Crippen molar-refractivity contribution in [2.45, 2.75) is 168 Å². The number of nitrogens with zero attached hydrogens (tertiary/aromatic N) is 4. The summed E-state index contributed by atoms with van der Waals surface area (Å²) in [6, 6.07) is 17.1. The van der Waals surface area contributed by atoms with Crippen molar-refractivity contribution in [2.24, 2.45) is 35.5 Å². The van der Waals surface area contributed by atoms with Crippen LogP contribution in [0, 0.1) is 35.5 Å². The fourth-order valence-corrected chi connectivity index (χ4v) is 13.7. The summed E-state index contributed by atoms with van der Waals surface area (Å²) < 4.78 is 39.5. The normalized spacial score (nSPS) is 17.7. The third kappa shape index (κ3) is 21.1. The Morgan fingerprint density at radius 3 is 1.96 bits per heavy atom. The van der Waals surface area contributed by atoms with Crippen molar-refractivity contribution < 1.29 is 56.2 Å². The number of Topliss-reactive ketones (excluding diaryl/α,β-unsaturated/α-hetero) is 3. The molecular weight excluding hydrogens is 1050 g/mol. The topological polar surface area (TPSA) is 214 Å². The zero-order valence-corrected chi connectivity index (χ0v) is 51.1. The molecule has 0 saturated carbocycles. The van der Waals surface area contributed by atoms with Crippen molar-refractivity contribution in [3.63, 3.8) is 0 Å². The molecule has 4 rings (SSSR count). The lowest BCUT2D eigenvalue weighted by Crippen LogP contribution is -2.54. The average molecular weight is 1150 g/mol. The molecule has 0 spiro atoms. The van der Waals surface area contributed by atoms with Gasteiger partial charge < -0.3 is 24.6 Å². The summed E-state index contributed by atoms with van der Waals surface area (Å²) in [6.07, 6.45) is 6.21. The Balaban J connectivity index is 1.36. The molecule has 1 saturated heterocycles. The van der Waals surface area contributed by atoms with Gasteiger partial charge in [-0.25, -0.2) is 8.42 Å². The van der Waals surface area contributed by atoms with E-state index in [0.717, 1.165) is 5.56 Å². The molecule has 450 valence electrons. The number of carbonyl (C=O) groups excluding carboxylic acids is 8. The van der Waals surface area contributed by atoms with Gasteiger partial charge in [-0.2, -0.15) is 0 Å². The van der Waals surface area contributed by atoms with E-state index in [1.807, 2.05) is 102 Å². The van der Waals surface area contributed by atoms with Crippen LogP contribution in [0.3, 0.4) is 0 Å². The van der Waals surface area contributed by atoms with Crippen molar-refractivity contribution in [3.05, 3.63) is 83.9 Å². The van der Waals surface area contributed by atoms with Crippen LogP contribution in [0.15, 0.2) is 72.8 Å². The number of ketones is 3. The summed E-state index contributed by atoms with van der Waals surface area (Å²) >= 11 is 0. The highest BCUT2D eigenvalue weighted by molar-refractivity contribution is 7.90. The van der Waals surface area contributed by atoms with Crippen LogP contribution in [0.1, 0.15) is 137 Å². The standard InChI is InChI=1S/C63H95N5O12S/c1-12-45(6)61(66(9)63(76)51(43(2)3)38-54(71)60(44(4)5)65(8)33-22-28-50(69)40-64-56(72)30-20-15-21-34-68-57(73)31-32-58(68)74)55(79-10)39-59(75)67-35-23-29-52(67)62(80-11)46(7)53(70)37-49(36-47-24-16-13-17-25-47)42-81(77,78)41-48-26-18-14-19-27-48/h13-14,16-19,24-27,31-32,43-46,49,51-52,55,60-62H,12,15,20-23,28-30,33-42H2,1-11H3,(H,64,72)/t45-,46-,49+,51-,52-,55+,60-,61-,62+/m0/s1. The summed E-state index contributed by atoms with van der Waals surface area (Å²) in [7, 11) is 3.09. The van der Waals surface area contributed by atoms with Crippen molar-refractivity contribution in [3.8, 4) is 0 Å². The Labute approximate surface area is 483 Å². The van der Waals surface area contributed by atoms with Gasteiger partial charge in [0.25, 0.3) is 11.8 Å². The van der Waals surface area contributed by atoms with E-state index in [4.69, 9.17) is 9.47 Å². The molecule has 17 nitrogen and oxygen atoms in total. The first kappa shape index (κ1) is 68.1. The first-order valence-electron chi connectivity index (χ1n) is 29.4. The maximum absolute atomic E-state index is 14.8. The molecule has 2 aliphatic rings. The van der Waals surface area contributed by atoms with Gasteiger partial charge in [0, 0.05) is 84.0 Å². The van der Waals surface area contributed by atoms with E-state index in [0.29, 0.717) is 76.6 Å². The quantitative estimate of drug-likeness (QED) is 0.0511. The fourth-order valence-electron chi connectivity index (χ4n) is 12.0. The molecule has 5 amide bonds. The number of amides is 5. The molecule has 0 bridgehead atoms. The number of hydrogen-bond donors (Lipinski definition) is 1. The lowest BCUT2D eigenvalue weighted by Gasteiger charge is -2.41. The Kier molecular flexibility index (Phi) is 28.3. The highest BCUT2D eigenvalue weighted by Gasteiger charge is 2.44. The third-order valence-corrected chi connectivity index (χ3v) is 18.3. The van der Waals surface area contributed by atoms with Crippen molar-refractivity contribution in [2.75, 3.05) is 60.2 Å². The fraction of sp³-hybridized carbons (Fsp3) is 0.651. The average Bonchev–Trinajstić information content (AvgIpc) is 4.11. The second-order valence-corrected chi connectivity index (χ2v) is 25.5. The van der Waals surface area contributed by atoms with Crippen LogP contribution in [-0.4, -0.2) is 165 Å². The third-order valence-electron chi connectivity index (χ3n) is 16.5. The molecule has 2 aromatic rings. The van der Waals surface area contributed by atoms with Crippen LogP contribution < -0.4 is 5.32 Å². The number of sulfone groups is 1. The number of likely N-dealkylation sites (tertiary alicyclic amines) is 1. The van der Waals surface area contributed by atoms with Crippen LogP contribution in [0.25, 0.3) is 0 Å². The van der Waals surface area contributed by atoms with Gasteiger partial charge in [-0.15, -0.1) is 0 Å². The SMILES string of the molecule is CC[C@H](C)[C@@H]([C@@H](CC(=O)N1CCC[C@H]1[C@H](OC)[C@@H](C)C(=O)C[C@@H](Cc1ccccc1)CS(=O)(=O)Cc1ccccc1)OC)N(C)C(=O)[C@@H](CC(=O)[C@H](C(C)C)N(C)CCCC(=O)CNC(=O)CCCCCN1C(=O)C=CC1=O)C(C)C. The van der Waals surface area contributed by atoms with Gasteiger partial charge in [0.05, 0.1) is 54.8 Å². The molecule has 0 aromatic heterocycles. The van der Waals surface area contributed by atoms with Crippen LogP contribution in [-0.2, 0) is 69.8 Å². The Morgan fingerprint density at radius 2 is 1.38 bits per heavy atom. The Morgan fingerprint density at radius 1 is 0.753 bits per heavy atom. The van der Waals surface area contributed by atoms with Crippen molar-refractivity contribution >= 4 is 56.7 Å². The van der Waals surface area contributed by atoms with Gasteiger partial charge in [-0.05, 0) is 86.9 Å². The minimum absolute atomic E-state index is 0.00419. The molecule has 9 atom stereocenters. The first-order valence-corrected chi connectivity index (χ1v) is 31.2. The smallest absolute Gasteiger partial charge is 0.253 e. The zero-order valence-electron chi connectivity index (χ0n) is 50.3. The summed E-state index contributed by atoms with van der Waals surface area (Å²) in [5, 5.41) is 2.69. The lowest BCUT2D eigenvalue weighted by molar-refractivity contribution is -0.149. The number of likely N-dealkylation sites (N-methyl/N-ethyl adjacent to an activating group) is 2. The molecule has 2 aliphatic heterocycles. The summed E-state index contributed by atoms with van der Waals surface area (Å²) in [4.78, 5) is 113. The predicted octanol–water partition coefficient (Wildman–Crippen LogP) is 7.48. The molecule has 81 heavy (non-hydrogen) atoms. The summed E-state index contributed by atoms with van der Waals surface area (Å²) in [6.45, 7) is 14.7. The number of unbranched alkanes of at least 4 members (excludes halogenated alkanes) is 2. The van der Waals surface area contributed by atoms with E-state index in [-0.39, 0.29) is 115 Å². The number of ether oxygens (including phenoxy) is 2. The van der Waals surface area contributed by atoms with E-state index >= 15 is 0 Å². The molecule has 1 N–H and O–H groups in total. The number of imide groups is 1. The van der Waals surface area contributed by atoms with Crippen molar-refractivity contribution in [1.29, 1.82) is 0 Å². The van der Waals surface area contributed by atoms with Gasteiger partial charge in [0.2, 0.25) is 17.7 Å². The number of hydrogen-bond acceptors (Lipinski definition) is 13. The summed E-state index contributed by atoms with van der Waals surface area (Å²) in [5.41, 5.74) is 1.63. The maximum atomic E-state index is 14.8. The van der Waals surface area contributed by atoms with Crippen LogP contribution in [0.5, 0.6) is 0 Å². The predicted molar refractivity (Wildman–Crippen MR) is 314 cm³/mol. The molecule has 0 unspecified atom stereocenters. The monoisotopic (exact) mass is 1150 g/mol. The summed E-state index contributed by atoms with van der Waals surface area (Å²) in [5.74, 6) is -4.11. The van der Waals surface area contributed by atoms with E-state index in [2.05, 4.69) is 5.32 Å². The minimum atomic E-state index is -3.58. The van der Waals surface area contributed by atoms with Gasteiger partial charge in [-0.1, -0.05) is 122 Å². The van der Waals surface area contributed by atoms with Crippen LogP contribution in [0.2, 0.25) is 0 Å². The number of methoxy groups -OCH3 is 2. The van der Waals surface area contributed by atoms with E-state index in [9.17, 15) is 46.8 Å². The molecule has 1 fully saturated rings. The molecule has 2 heterocycles. The number of nitrogens with one attached hydrogen (secondary N) is 1. The van der Waals surface area contributed by atoms with E-state index < -0.39 is 57.9 Å². The van der Waals surface area contributed by atoms with Crippen molar-refractivity contribution in [1.82, 2.24) is 24.9 Å².